The second kappa shape index (κ2) is 7.65. The first-order chi connectivity index (χ1) is 13.2. The van der Waals surface area contributed by atoms with Crippen LogP contribution in [0.15, 0.2) is 25.0 Å². The molecule has 0 unspecified atom stereocenters. The number of aromatic nitrogens is 6. The number of hydrogen-bond acceptors (Lipinski definition) is 7. The predicted molar refractivity (Wildman–Crippen MR) is 99.9 cm³/mol. The van der Waals surface area contributed by atoms with Crippen LogP contribution >= 0.6 is 0 Å². The summed E-state index contributed by atoms with van der Waals surface area (Å²) in [4.78, 5) is 38.1. The molecule has 1 saturated heterocycles. The van der Waals surface area contributed by atoms with Gasteiger partial charge in [0.25, 0.3) is 0 Å². The van der Waals surface area contributed by atoms with E-state index >= 15 is 0 Å². The predicted octanol–water partition coefficient (Wildman–Crippen LogP) is 1.24. The number of imidazole rings is 1. The molecule has 0 bridgehead atoms. The van der Waals surface area contributed by atoms with E-state index in [-0.39, 0.29) is 5.91 Å². The van der Waals surface area contributed by atoms with E-state index in [9.17, 15) is 4.79 Å². The van der Waals surface area contributed by atoms with Gasteiger partial charge < -0.3 is 15.2 Å². The van der Waals surface area contributed by atoms with Crippen LogP contribution in [0, 0.1) is 5.92 Å². The van der Waals surface area contributed by atoms with Gasteiger partial charge in [0.15, 0.2) is 11.5 Å². The lowest BCUT2D eigenvalue weighted by molar-refractivity contribution is -0.119. The standard InChI is InChI=1S/C18H22N8O/c1-12(27)19-8-15-9-20-14(7-21-15)6-13-2-4-26(5-3-13)18-16-17(23-10-22-16)24-11-25-18/h7,9-11,13H,2-6,8H2,1H3,(H,19,27)(H,22,23,24,25). The van der Waals surface area contributed by atoms with Crippen molar-refractivity contribution in [1.82, 2.24) is 35.2 Å². The summed E-state index contributed by atoms with van der Waals surface area (Å²) in [6.45, 7) is 3.81. The third-order valence-corrected chi connectivity index (χ3v) is 4.89. The van der Waals surface area contributed by atoms with Crippen LogP contribution in [0.25, 0.3) is 11.2 Å². The summed E-state index contributed by atoms with van der Waals surface area (Å²) in [5.41, 5.74) is 3.38. The molecular formula is C18H22N8O. The smallest absolute Gasteiger partial charge is 0.217 e. The zero-order valence-corrected chi connectivity index (χ0v) is 15.2. The van der Waals surface area contributed by atoms with Crippen LogP contribution in [0.1, 0.15) is 31.2 Å². The molecule has 0 aromatic carbocycles. The normalized spacial score (nSPS) is 15.2. The Hall–Kier alpha value is -3.10. The number of nitrogens with zero attached hydrogens (tertiary/aromatic N) is 6. The zero-order chi connectivity index (χ0) is 18.6. The monoisotopic (exact) mass is 366 g/mol. The number of aromatic amines is 1. The van der Waals surface area contributed by atoms with Gasteiger partial charge in [0, 0.05) is 26.2 Å². The molecule has 2 N–H and O–H groups in total. The molecule has 1 amide bonds. The number of anilines is 1. The van der Waals surface area contributed by atoms with E-state index in [1.165, 1.54) is 6.92 Å². The van der Waals surface area contributed by atoms with Gasteiger partial charge >= 0.3 is 0 Å². The molecule has 0 aliphatic carbocycles. The summed E-state index contributed by atoms with van der Waals surface area (Å²) in [5, 5.41) is 2.73. The van der Waals surface area contributed by atoms with Crippen molar-refractivity contribution in [3.63, 3.8) is 0 Å². The average Bonchev–Trinajstić information content (AvgIpc) is 3.17. The molecule has 1 aliphatic heterocycles. The molecule has 3 aromatic heterocycles. The third kappa shape index (κ3) is 4.02. The van der Waals surface area contributed by atoms with Crippen molar-refractivity contribution in [1.29, 1.82) is 0 Å². The molecule has 0 spiro atoms. The molecule has 27 heavy (non-hydrogen) atoms. The molecule has 3 aromatic rings. The number of amides is 1. The number of rotatable bonds is 5. The summed E-state index contributed by atoms with van der Waals surface area (Å²) in [5.74, 6) is 1.44. The van der Waals surface area contributed by atoms with Gasteiger partial charge in [0.1, 0.15) is 11.8 Å². The van der Waals surface area contributed by atoms with Crippen molar-refractivity contribution in [2.75, 3.05) is 18.0 Å². The number of fused-ring (bicyclic) bond motifs is 1. The van der Waals surface area contributed by atoms with Crippen molar-refractivity contribution >= 4 is 22.9 Å². The minimum Gasteiger partial charge on any atom is -0.355 e. The van der Waals surface area contributed by atoms with E-state index in [4.69, 9.17) is 0 Å². The van der Waals surface area contributed by atoms with Gasteiger partial charge in [-0.15, -0.1) is 0 Å². The first kappa shape index (κ1) is 17.3. The van der Waals surface area contributed by atoms with Crippen LogP contribution in [-0.2, 0) is 17.8 Å². The summed E-state index contributed by atoms with van der Waals surface area (Å²) >= 11 is 0. The highest BCUT2D eigenvalue weighted by Crippen LogP contribution is 2.27. The van der Waals surface area contributed by atoms with Gasteiger partial charge in [-0.25, -0.2) is 15.0 Å². The van der Waals surface area contributed by atoms with Crippen molar-refractivity contribution in [3.05, 3.63) is 36.4 Å². The molecule has 4 heterocycles. The molecule has 0 atom stereocenters. The Morgan fingerprint density at radius 1 is 1.15 bits per heavy atom. The molecule has 1 aliphatic rings. The van der Waals surface area contributed by atoms with E-state index in [1.54, 1.807) is 18.9 Å². The minimum absolute atomic E-state index is 0.0660. The summed E-state index contributed by atoms with van der Waals surface area (Å²) in [7, 11) is 0. The lowest BCUT2D eigenvalue weighted by Crippen LogP contribution is -2.35. The van der Waals surface area contributed by atoms with Crippen LogP contribution in [0.2, 0.25) is 0 Å². The number of carbonyl (C=O) groups is 1. The minimum atomic E-state index is -0.0660. The maximum Gasteiger partial charge on any atom is 0.217 e. The summed E-state index contributed by atoms with van der Waals surface area (Å²) < 4.78 is 0. The molecule has 9 heteroatoms. The first-order valence-corrected chi connectivity index (χ1v) is 9.12. The number of nitrogens with one attached hydrogen (secondary N) is 2. The van der Waals surface area contributed by atoms with Gasteiger partial charge in [-0.05, 0) is 25.2 Å². The zero-order valence-electron chi connectivity index (χ0n) is 15.2. The van der Waals surface area contributed by atoms with E-state index in [0.717, 1.165) is 55.1 Å². The Morgan fingerprint density at radius 2 is 1.93 bits per heavy atom. The molecule has 140 valence electrons. The largest absolute Gasteiger partial charge is 0.355 e. The highest BCUT2D eigenvalue weighted by Gasteiger charge is 2.23. The van der Waals surface area contributed by atoms with Crippen molar-refractivity contribution in [3.8, 4) is 0 Å². The second-order valence-electron chi connectivity index (χ2n) is 6.84. The first-order valence-electron chi connectivity index (χ1n) is 9.12. The second-order valence-corrected chi connectivity index (χ2v) is 6.84. The molecule has 1 fully saturated rings. The quantitative estimate of drug-likeness (QED) is 0.698. The maximum atomic E-state index is 11.0. The fourth-order valence-corrected chi connectivity index (χ4v) is 3.43. The van der Waals surface area contributed by atoms with Crippen molar-refractivity contribution in [2.24, 2.45) is 5.92 Å². The molecular weight excluding hydrogens is 344 g/mol. The SMILES string of the molecule is CC(=O)NCc1cnc(CC2CCN(c3ncnc4nc[nH]c34)CC2)cn1. The van der Waals surface area contributed by atoms with Crippen LogP contribution in [0.3, 0.4) is 0 Å². The summed E-state index contributed by atoms with van der Waals surface area (Å²) in [6.07, 6.45) is 9.87. The highest BCUT2D eigenvalue weighted by molar-refractivity contribution is 5.82. The van der Waals surface area contributed by atoms with E-state index in [0.29, 0.717) is 18.1 Å². The van der Waals surface area contributed by atoms with E-state index in [2.05, 4.69) is 40.1 Å². The Kier molecular flexibility index (Phi) is 4.91. The molecule has 4 rings (SSSR count). The topological polar surface area (TPSA) is 113 Å². The fourth-order valence-electron chi connectivity index (χ4n) is 3.43. The Balaban J connectivity index is 1.33. The van der Waals surface area contributed by atoms with Gasteiger partial charge in [0.2, 0.25) is 5.91 Å². The third-order valence-electron chi connectivity index (χ3n) is 4.89. The van der Waals surface area contributed by atoms with Crippen LogP contribution in [-0.4, -0.2) is 48.9 Å². The number of piperidine rings is 1. The molecule has 0 saturated carbocycles. The van der Waals surface area contributed by atoms with Crippen molar-refractivity contribution < 1.29 is 4.79 Å². The van der Waals surface area contributed by atoms with E-state index in [1.807, 2.05) is 6.20 Å². The Morgan fingerprint density at radius 3 is 2.67 bits per heavy atom. The molecule has 9 nitrogen and oxygen atoms in total. The number of carbonyl (C=O) groups excluding carboxylic acids is 1. The lowest BCUT2D eigenvalue weighted by atomic mass is 9.92. The fraction of sp³-hybridized carbons (Fsp3) is 0.444. The summed E-state index contributed by atoms with van der Waals surface area (Å²) in [6, 6.07) is 0. The molecule has 0 radical (unpaired) electrons. The van der Waals surface area contributed by atoms with Crippen LogP contribution < -0.4 is 10.2 Å². The van der Waals surface area contributed by atoms with Gasteiger partial charge in [-0.1, -0.05) is 0 Å². The van der Waals surface area contributed by atoms with Gasteiger partial charge in [0.05, 0.1) is 30.5 Å². The Labute approximate surface area is 156 Å². The highest BCUT2D eigenvalue weighted by atomic mass is 16.1. The maximum absolute atomic E-state index is 11.0. The van der Waals surface area contributed by atoms with E-state index < -0.39 is 0 Å². The number of hydrogen-bond donors (Lipinski definition) is 2. The Bertz CT molecular complexity index is 915. The average molecular weight is 366 g/mol. The van der Waals surface area contributed by atoms with Crippen LogP contribution in [0.4, 0.5) is 5.82 Å². The number of H-pyrrole nitrogens is 1. The van der Waals surface area contributed by atoms with Crippen LogP contribution in [0.5, 0.6) is 0 Å². The van der Waals surface area contributed by atoms with Gasteiger partial charge in [-0.3, -0.25) is 14.8 Å². The lowest BCUT2D eigenvalue weighted by Gasteiger charge is -2.32. The van der Waals surface area contributed by atoms with Crippen molar-refractivity contribution in [2.45, 2.75) is 32.7 Å². The van der Waals surface area contributed by atoms with Gasteiger partial charge in [-0.2, -0.15) is 0 Å².